The molecule has 0 atom stereocenters. The van der Waals surface area contributed by atoms with Crippen LogP contribution in [0.5, 0.6) is 17.2 Å². The predicted octanol–water partition coefficient (Wildman–Crippen LogP) is 3.06. The molecule has 1 N–H and O–H groups in total. The number of pyridine rings is 1. The molecule has 0 fully saturated rings. The van der Waals surface area contributed by atoms with Crippen molar-refractivity contribution in [2.24, 2.45) is 0 Å². The summed E-state index contributed by atoms with van der Waals surface area (Å²) >= 11 is 0. The fraction of sp³-hybridized carbons (Fsp3) is 0.182. The molecule has 0 aliphatic heterocycles. The number of hydrogen-bond acceptors (Lipinski definition) is 5. The molecular formula is C22H20N2O4. The number of benzene rings is 2. The van der Waals surface area contributed by atoms with Gasteiger partial charge in [-0.05, 0) is 24.3 Å². The van der Waals surface area contributed by atoms with E-state index in [0.29, 0.717) is 22.8 Å². The van der Waals surface area contributed by atoms with E-state index in [-0.39, 0.29) is 19.1 Å². The van der Waals surface area contributed by atoms with Gasteiger partial charge >= 0.3 is 0 Å². The molecule has 2 aromatic carbocycles. The summed E-state index contributed by atoms with van der Waals surface area (Å²) < 4.78 is 16.0. The highest BCUT2D eigenvalue weighted by molar-refractivity contribution is 5.95. The number of ether oxygens (including phenoxy) is 3. The Morgan fingerprint density at radius 1 is 1.04 bits per heavy atom. The number of rotatable bonds is 6. The smallest absolute Gasteiger partial charge is 0.252 e. The molecule has 142 valence electrons. The van der Waals surface area contributed by atoms with Crippen LogP contribution in [0, 0.1) is 11.8 Å². The van der Waals surface area contributed by atoms with Crippen molar-refractivity contribution in [2.45, 2.75) is 0 Å². The van der Waals surface area contributed by atoms with Crippen LogP contribution in [-0.4, -0.2) is 38.3 Å². The first-order valence-electron chi connectivity index (χ1n) is 8.65. The highest BCUT2D eigenvalue weighted by Gasteiger charge is 2.08. The molecular weight excluding hydrogens is 356 g/mol. The van der Waals surface area contributed by atoms with Crippen LogP contribution >= 0.6 is 0 Å². The van der Waals surface area contributed by atoms with Crippen molar-refractivity contribution in [2.75, 3.05) is 27.4 Å². The number of nitrogens with one attached hydrogen (secondary N) is 1. The molecule has 6 heteroatoms. The summed E-state index contributed by atoms with van der Waals surface area (Å²) in [7, 11) is 3.07. The molecule has 1 heterocycles. The SMILES string of the molecule is COc1cc(OC)cc(C(=O)NCC#CCOc2cccc3cccnc23)c1. The van der Waals surface area contributed by atoms with Gasteiger partial charge in [-0.1, -0.05) is 30.0 Å². The maximum atomic E-state index is 12.3. The van der Waals surface area contributed by atoms with E-state index in [0.717, 1.165) is 10.9 Å². The summed E-state index contributed by atoms with van der Waals surface area (Å²) in [6.45, 7) is 0.411. The van der Waals surface area contributed by atoms with Crippen molar-refractivity contribution in [3.8, 4) is 29.1 Å². The lowest BCUT2D eigenvalue weighted by atomic mass is 10.2. The van der Waals surface area contributed by atoms with Crippen LogP contribution in [0.4, 0.5) is 0 Å². The molecule has 0 saturated carbocycles. The summed E-state index contributed by atoms with van der Waals surface area (Å²) in [5.74, 6) is 7.28. The molecule has 0 bridgehead atoms. The van der Waals surface area contributed by atoms with Crippen LogP contribution in [0.1, 0.15) is 10.4 Å². The molecule has 6 nitrogen and oxygen atoms in total. The van der Waals surface area contributed by atoms with Crippen LogP contribution in [0.3, 0.4) is 0 Å². The van der Waals surface area contributed by atoms with Gasteiger partial charge in [-0.3, -0.25) is 9.78 Å². The van der Waals surface area contributed by atoms with Crippen LogP contribution in [0.25, 0.3) is 10.9 Å². The lowest BCUT2D eigenvalue weighted by Crippen LogP contribution is -2.23. The Morgan fingerprint density at radius 2 is 1.79 bits per heavy atom. The Kier molecular flexibility index (Phi) is 6.32. The van der Waals surface area contributed by atoms with Crippen molar-refractivity contribution < 1.29 is 19.0 Å². The lowest BCUT2D eigenvalue weighted by molar-refractivity contribution is 0.0958. The molecule has 0 unspecified atom stereocenters. The maximum Gasteiger partial charge on any atom is 0.252 e. The second-order valence-electron chi connectivity index (χ2n) is 5.76. The molecule has 0 aliphatic carbocycles. The minimum absolute atomic E-state index is 0.204. The number of amides is 1. The van der Waals surface area contributed by atoms with E-state index >= 15 is 0 Å². The van der Waals surface area contributed by atoms with Gasteiger partial charge in [-0.25, -0.2) is 0 Å². The maximum absolute atomic E-state index is 12.3. The summed E-state index contributed by atoms with van der Waals surface area (Å²) in [6, 6.07) is 14.6. The van der Waals surface area contributed by atoms with Gasteiger partial charge in [0.1, 0.15) is 29.4 Å². The Hall–Kier alpha value is -3.72. The van der Waals surface area contributed by atoms with E-state index < -0.39 is 0 Å². The third-order valence-corrected chi connectivity index (χ3v) is 3.97. The normalized spacial score (nSPS) is 9.93. The van der Waals surface area contributed by atoms with Gasteiger partial charge in [0.05, 0.1) is 20.8 Å². The number of aromatic nitrogens is 1. The minimum atomic E-state index is -0.259. The zero-order valence-corrected chi connectivity index (χ0v) is 15.7. The molecule has 28 heavy (non-hydrogen) atoms. The quantitative estimate of drug-likeness (QED) is 0.670. The summed E-state index contributed by atoms with van der Waals surface area (Å²) in [5, 5.41) is 3.75. The van der Waals surface area contributed by atoms with E-state index in [1.54, 1.807) is 24.4 Å². The van der Waals surface area contributed by atoms with Gasteiger partial charge in [0.25, 0.3) is 5.91 Å². The van der Waals surface area contributed by atoms with E-state index in [1.807, 2.05) is 30.3 Å². The molecule has 1 aromatic heterocycles. The van der Waals surface area contributed by atoms with Crippen LogP contribution in [-0.2, 0) is 0 Å². The van der Waals surface area contributed by atoms with Gasteiger partial charge < -0.3 is 19.5 Å². The van der Waals surface area contributed by atoms with Gasteiger partial charge in [-0.15, -0.1) is 0 Å². The van der Waals surface area contributed by atoms with Crippen molar-refractivity contribution in [1.29, 1.82) is 0 Å². The summed E-state index contributed by atoms with van der Waals surface area (Å²) in [4.78, 5) is 16.6. The topological polar surface area (TPSA) is 69.7 Å². The largest absolute Gasteiger partial charge is 0.497 e. The van der Waals surface area contributed by atoms with Gasteiger partial charge in [0.2, 0.25) is 0 Å². The number of carbonyl (C=O) groups excluding carboxylic acids is 1. The zero-order valence-electron chi connectivity index (χ0n) is 15.7. The zero-order chi connectivity index (χ0) is 19.8. The molecule has 0 aliphatic rings. The van der Waals surface area contributed by atoms with Gasteiger partial charge in [0, 0.05) is 23.2 Å². The van der Waals surface area contributed by atoms with Gasteiger partial charge in [0.15, 0.2) is 0 Å². The number of para-hydroxylation sites is 1. The highest BCUT2D eigenvalue weighted by Crippen LogP contribution is 2.23. The monoisotopic (exact) mass is 376 g/mol. The Labute approximate surface area is 163 Å². The number of nitrogens with zero attached hydrogens (tertiary/aromatic N) is 1. The standard InChI is InChI=1S/C22H20N2O4/c1-26-18-13-17(14-19(15-18)27-2)22(25)24-10-3-4-12-28-20-9-5-7-16-8-6-11-23-21(16)20/h5-9,11,13-15H,10,12H2,1-2H3,(H,24,25). The molecule has 3 rings (SSSR count). The third kappa shape index (κ3) is 4.71. The number of methoxy groups -OCH3 is 2. The first-order valence-corrected chi connectivity index (χ1v) is 8.65. The Balaban J connectivity index is 1.53. The number of hydrogen-bond donors (Lipinski definition) is 1. The molecule has 0 saturated heterocycles. The first-order chi connectivity index (χ1) is 13.7. The fourth-order valence-electron chi connectivity index (χ4n) is 2.59. The summed E-state index contributed by atoms with van der Waals surface area (Å²) in [5.41, 5.74) is 1.24. The summed E-state index contributed by atoms with van der Waals surface area (Å²) in [6.07, 6.45) is 1.73. The number of carbonyl (C=O) groups is 1. The average Bonchev–Trinajstić information content (AvgIpc) is 2.75. The van der Waals surface area contributed by atoms with Crippen LogP contribution < -0.4 is 19.5 Å². The van der Waals surface area contributed by atoms with E-state index in [2.05, 4.69) is 22.1 Å². The average molecular weight is 376 g/mol. The predicted molar refractivity (Wildman–Crippen MR) is 107 cm³/mol. The van der Waals surface area contributed by atoms with Crippen molar-refractivity contribution in [1.82, 2.24) is 10.3 Å². The van der Waals surface area contributed by atoms with Crippen LogP contribution in [0.15, 0.2) is 54.7 Å². The first kappa shape index (κ1) is 19.1. The number of fused-ring (bicyclic) bond motifs is 1. The fourth-order valence-corrected chi connectivity index (χ4v) is 2.59. The Bertz CT molecular complexity index is 1010. The molecule has 0 spiro atoms. The minimum Gasteiger partial charge on any atom is -0.497 e. The van der Waals surface area contributed by atoms with Crippen LogP contribution in [0.2, 0.25) is 0 Å². The van der Waals surface area contributed by atoms with Crippen molar-refractivity contribution in [3.63, 3.8) is 0 Å². The Morgan fingerprint density at radius 3 is 2.54 bits per heavy atom. The third-order valence-electron chi connectivity index (χ3n) is 3.97. The van der Waals surface area contributed by atoms with E-state index in [1.165, 1.54) is 14.2 Å². The molecule has 3 aromatic rings. The van der Waals surface area contributed by atoms with Crippen molar-refractivity contribution >= 4 is 16.8 Å². The van der Waals surface area contributed by atoms with Crippen molar-refractivity contribution in [3.05, 3.63) is 60.3 Å². The lowest BCUT2D eigenvalue weighted by Gasteiger charge is -2.08. The second-order valence-corrected chi connectivity index (χ2v) is 5.76. The van der Waals surface area contributed by atoms with E-state index in [9.17, 15) is 4.79 Å². The van der Waals surface area contributed by atoms with E-state index in [4.69, 9.17) is 14.2 Å². The second kappa shape index (κ2) is 9.28. The van der Waals surface area contributed by atoms with Gasteiger partial charge in [-0.2, -0.15) is 0 Å². The highest BCUT2D eigenvalue weighted by atomic mass is 16.5. The molecule has 1 amide bonds. The molecule has 0 radical (unpaired) electrons.